The first-order chi connectivity index (χ1) is 8.56. The van der Waals surface area contributed by atoms with Crippen molar-refractivity contribution in [3.63, 3.8) is 0 Å². The van der Waals surface area contributed by atoms with E-state index in [1.165, 1.54) is 18.0 Å². The summed E-state index contributed by atoms with van der Waals surface area (Å²) in [6, 6.07) is 1.00. The van der Waals surface area contributed by atoms with Gasteiger partial charge in [-0.25, -0.2) is 4.79 Å². The molecule has 1 rings (SSSR count). The summed E-state index contributed by atoms with van der Waals surface area (Å²) in [5, 5.41) is 19.5. The van der Waals surface area contributed by atoms with E-state index >= 15 is 0 Å². The van der Waals surface area contributed by atoms with Gasteiger partial charge in [0.2, 0.25) is 0 Å². The Kier molecular flexibility index (Phi) is 5.57. The van der Waals surface area contributed by atoms with Crippen LogP contribution in [0, 0.1) is 10.1 Å². The van der Waals surface area contributed by atoms with Crippen LogP contribution in [0.5, 0.6) is 0 Å². The molecule has 1 N–H and O–H groups in total. The number of rotatable bonds is 7. The average molecular weight is 270 g/mol. The molecule has 0 aliphatic rings. The van der Waals surface area contributed by atoms with Gasteiger partial charge < -0.3 is 15.2 Å². The fraction of sp³-hybridized carbons (Fsp3) is 0.455. The number of thioether (sulfide) groups is 1. The van der Waals surface area contributed by atoms with E-state index in [9.17, 15) is 14.9 Å². The van der Waals surface area contributed by atoms with Crippen molar-refractivity contribution < 1.29 is 14.8 Å². The van der Waals surface area contributed by atoms with Crippen molar-refractivity contribution in [2.75, 3.05) is 5.75 Å². The number of pyridine rings is 1. The zero-order valence-electron chi connectivity index (χ0n) is 9.96. The normalized spacial score (nSPS) is 10.3. The molecule has 0 aliphatic heterocycles. The number of hydrogen-bond donors (Lipinski definition) is 1. The van der Waals surface area contributed by atoms with E-state index in [0.717, 1.165) is 31.1 Å². The maximum absolute atomic E-state index is 11.0. The van der Waals surface area contributed by atoms with Crippen LogP contribution in [0.15, 0.2) is 17.2 Å². The predicted molar refractivity (Wildman–Crippen MR) is 68.1 cm³/mol. The van der Waals surface area contributed by atoms with Gasteiger partial charge in [0.05, 0.1) is 16.5 Å². The Morgan fingerprint density at radius 2 is 2.28 bits per heavy atom. The van der Waals surface area contributed by atoms with Gasteiger partial charge in [0, 0.05) is 0 Å². The Hall–Kier alpha value is -1.63. The number of carboxylic acids is 1. The largest absolute Gasteiger partial charge is 0.478 e. The number of nitro groups is 1. The minimum atomic E-state index is -1.17. The second-order valence-electron chi connectivity index (χ2n) is 3.66. The van der Waals surface area contributed by atoms with Gasteiger partial charge in [0.25, 0.3) is 0 Å². The zero-order valence-corrected chi connectivity index (χ0v) is 10.8. The monoisotopic (exact) mass is 270 g/mol. The Balaban J connectivity index is 2.83. The van der Waals surface area contributed by atoms with Crippen molar-refractivity contribution in [3.05, 3.63) is 27.9 Å². The Morgan fingerprint density at radius 1 is 1.56 bits per heavy atom. The molecular weight excluding hydrogens is 256 g/mol. The van der Waals surface area contributed by atoms with Crippen molar-refractivity contribution in [3.8, 4) is 0 Å². The third-order valence-corrected chi connectivity index (χ3v) is 3.41. The number of carboxylic acid groups (broad SMARTS) is 1. The molecule has 18 heavy (non-hydrogen) atoms. The van der Waals surface area contributed by atoms with Crippen molar-refractivity contribution in [2.24, 2.45) is 0 Å². The number of aromatic nitrogens is 1. The van der Waals surface area contributed by atoms with Crippen molar-refractivity contribution in [2.45, 2.75) is 31.1 Å². The van der Waals surface area contributed by atoms with Crippen LogP contribution in [-0.4, -0.2) is 26.7 Å². The predicted octanol–water partition coefficient (Wildman–Crippen LogP) is 2.97. The van der Waals surface area contributed by atoms with E-state index in [1.807, 2.05) is 0 Å². The van der Waals surface area contributed by atoms with Crippen LogP contribution in [0.4, 0.5) is 5.82 Å². The number of carbonyl (C=O) groups is 1. The smallest absolute Gasteiger partial charge is 0.364 e. The summed E-state index contributed by atoms with van der Waals surface area (Å²) in [6.45, 7) is 2.08. The Bertz CT molecular complexity index is 451. The molecule has 0 atom stereocenters. The first kappa shape index (κ1) is 14.4. The third kappa shape index (κ3) is 3.99. The summed E-state index contributed by atoms with van der Waals surface area (Å²) >= 11 is 1.37. The molecule has 7 heteroatoms. The summed E-state index contributed by atoms with van der Waals surface area (Å²) in [5.41, 5.74) is -0.0572. The molecule has 98 valence electrons. The molecule has 0 saturated carbocycles. The highest BCUT2D eigenvalue weighted by Gasteiger charge is 2.18. The summed E-state index contributed by atoms with van der Waals surface area (Å²) in [4.78, 5) is 25.0. The summed E-state index contributed by atoms with van der Waals surface area (Å²) in [7, 11) is 0. The Morgan fingerprint density at radius 3 is 2.83 bits per heavy atom. The lowest BCUT2D eigenvalue weighted by atomic mass is 10.2. The molecule has 6 nitrogen and oxygen atoms in total. The fourth-order valence-electron chi connectivity index (χ4n) is 1.35. The lowest BCUT2D eigenvalue weighted by Crippen LogP contribution is -2.02. The highest BCUT2D eigenvalue weighted by atomic mass is 32.2. The Labute approximate surface area is 109 Å². The SMILES string of the molecule is CCCCCSc1cnc([N+](=O)[O-])cc1C(=O)O. The molecule has 0 amide bonds. The molecule has 1 aromatic heterocycles. The van der Waals surface area contributed by atoms with Gasteiger partial charge in [-0.2, -0.15) is 0 Å². The number of nitrogens with zero attached hydrogens (tertiary/aromatic N) is 2. The molecular formula is C11H14N2O4S. The summed E-state index contributed by atoms with van der Waals surface area (Å²) in [5.74, 6) is -0.822. The van der Waals surface area contributed by atoms with Crippen LogP contribution in [0.3, 0.4) is 0 Å². The number of unbranched alkanes of at least 4 members (excludes halogenated alkanes) is 2. The highest BCUT2D eigenvalue weighted by Crippen LogP contribution is 2.25. The zero-order chi connectivity index (χ0) is 13.5. The average Bonchev–Trinajstić information content (AvgIpc) is 2.34. The minimum Gasteiger partial charge on any atom is -0.478 e. The second-order valence-corrected chi connectivity index (χ2v) is 4.79. The van der Waals surface area contributed by atoms with Crippen molar-refractivity contribution >= 4 is 23.5 Å². The van der Waals surface area contributed by atoms with Crippen LogP contribution in [0.25, 0.3) is 0 Å². The molecule has 1 heterocycles. The molecule has 1 aromatic rings. The maximum atomic E-state index is 11.0. The molecule has 0 unspecified atom stereocenters. The van der Waals surface area contributed by atoms with Crippen LogP contribution >= 0.6 is 11.8 Å². The van der Waals surface area contributed by atoms with Crippen LogP contribution in [-0.2, 0) is 0 Å². The molecule has 0 bridgehead atoms. The van der Waals surface area contributed by atoms with Crippen LogP contribution < -0.4 is 0 Å². The standard InChI is InChI=1S/C11H14N2O4S/c1-2-3-4-5-18-9-7-12-10(13(16)17)6-8(9)11(14)15/h6-7H,2-5H2,1H3,(H,14,15). The van der Waals surface area contributed by atoms with E-state index < -0.39 is 16.7 Å². The second kappa shape index (κ2) is 6.95. The molecule has 0 aromatic carbocycles. The topological polar surface area (TPSA) is 93.3 Å². The minimum absolute atomic E-state index is 0.0572. The van der Waals surface area contributed by atoms with E-state index in [0.29, 0.717) is 4.90 Å². The first-order valence-electron chi connectivity index (χ1n) is 5.56. The van der Waals surface area contributed by atoms with Crippen LogP contribution in [0.2, 0.25) is 0 Å². The molecule has 0 radical (unpaired) electrons. The van der Waals surface area contributed by atoms with E-state index in [1.54, 1.807) is 0 Å². The van der Waals surface area contributed by atoms with E-state index in [4.69, 9.17) is 5.11 Å². The molecule has 0 spiro atoms. The lowest BCUT2D eigenvalue weighted by molar-refractivity contribution is -0.389. The van der Waals surface area contributed by atoms with E-state index in [2.05, 4.69) is 11.9 Å². The van der Waals surface area contributed by atoms with Gasteiger partial charge in [0.15, 0.2) is 6.20 Å². The maximum Gasteiger partial charge on any atom is 0.364 e. The first-order valence-corrected chi connectivity index (χ1v) is 6.55. The molecule has 0 saturated heterocycles. The lowest BCUT2D eigenvalue weighted by Gasteiger charge is -2.03. The molecule has 0 fully saturated rings. The van der Waals surface area contributed by atoms with Gasteiger partial charge in [-0.1, -0.05) is 19.8 Å². The van der Waals surface area contributed by atoms with E-state index in [-0.39, 0.29) is 5.56 Å². The van der Waals surface area contributed by atoms with Crippen LogP contribution in [0.1, 0.15) is 36.5 Å². The van der Waals surface area contributed by atoms with Gasteiger partial charge in [-0.05, 0) is 22.1 Å². The number of hydrogen-bond acceptors (Lipinski definition) is 5. The van der Waals surface area contributed by atoms with Crippen molar-refractivity contribution in [1.82, 2.24) is 4.98 Å². The number of aromatic carboxylic acids is 1. The van der Waals surface area contributed by atoms with Crippen molar-refractivity contribution in [1.29, 1.82) is 0 Å². The van der Waals surface area contributed by atoms with Gasteiger partial charge >= 0.3 is 11.8 Å². The summed E-state index contributed by atoms with van der Waals surface area (Å²) < 4.78 is 0. The quantitative estimate of drug-likeness (QED) is 0.354. The highest BCUT2D eigenvalue weighted by molar-refractivity contribution is 7.99. The van der Waals surface area contributed by atoms with Gasteiger partial charge in [-0.3, -0.25) is 0 Å². The summed E-state index contributed by atoms with van der Waals surface area (Å²) in [6.07, 6.45) is 4.41. The third-order valence-electron chi connectivity index (χ3n) is 2.28. The fourth-order valence-corrected chi connectivity index (χ4v) is 2.35. The molecule has 0 aliphatic carbocycles. The van der Waals surface area contributed by atoms with Gasteiger partial charge in [-0.15, -0.1) is 11.8 Å². The van der Waals surface area contributed by atoms with Gasteiger partial charge in [0.1, 0.15) is 0 Å².